The first kappa shape index (κ1) is 11.3. The van der Waals surface area contributed by atoms with Crippen LogP contribution in [0.4, 0.5) is 0 Å². The Kier molecular flexibility index (Phi) is 3.28. The molecule has 0 aromatic heterocycles. The molecule has 0 fully saturated rings. The highest BCUT2D eigenvalue weighted by molar-refractivity contribution is 9.13. The summed E-state index contributed by atoms with van der Waals surface area (Å²) in [7, 11) is 0. The Bertz CT molecular complexity index is 549. The van der Waals surface area contributed by atoms with Crippen molar-refractivity contribution in [3.8, 4) is 0 Å². The SMILES string of the molecule is O=Cc1ccc2c(Br)c(Br)cc(Br)c2c1. The molecule has 1 nitrogen and oxygen atoms in total. The van der Waals surface area contributed by atoms with Gasteiger partial charge in [-0.3, -0.25) is 4.79 Å². The highest BCUT2D eigenvalue weighted by atomic mass is 79.9. The van der Waals surface area contributed by atoms with Crippen LogP contribution in [-0.2, 0) is 0 Å². The number of halogens is 3. The number of fused-ring (bicyclic) bond motifs is 1. The molecule has 0 spiro atoms. The summed E-state index contributed by atoms with van der Waals surface area (Å²) in [6, 6.07) is 7.56. The molecule has 15 heavy (non-hydrogen) atoms. The zero-order valence-electron chi connectivity index (χ0n) is 7.43. The lowest BCUT2D eigenvalue weighted by Gasteiger charge is -2.06. The maximum absolute atomic E-state index is 10.7. The van der Waals surface area contributed by atoms with Gasteiger partial charge in [-0.1, -0.05) is 28.1 Å². The average Bonchev–Trinajstić information content (AvgIpc) is 2.25. The van der Waals surface area contributed by atoms with Crippen molar-refractivity contribution in [1.82, 2.24) is 0 Å². The minimum absolute atomic E-state index is 0.678. The lowest BCUT2D eigenvalue weighted by Crippen LogP contribution is -1.83. The Labute approximate surface area is 112 Å². The van der Waals surface area contributed by atoms with Crippen molar-refractivity contribution in [2.75, 3.05) is 0 Å². The third-order valence-corrected chi connectivity index (χ3v) is 4.80. The molecule has 76 valence electrons. The second-order valence-corrected chi connectivity index (χ2v) is 5.58. The largest absolute Gasteiger partial charge is 0.298 e. The summed E-state index contributed by atoms with van der Waals surface area (Å²) in [5, 5.41) is 2.09. The summed E-state index contributed by atoms with van der Waals surface area (Å²) < 4.78 is 2.95. The topological polar surface area (TPSA) is 17.1 Å². The van der Waals surface area contributed by atoms with Gasteiger partial charge in [-0.05, 0) is 54.8 Å². The summed E-state index contributed by atoms with van der Waals surface area (Å²) >= 11 is 10.4. The summed E-state index contributed by atoms with van der Waals surface area (Å²) in [5.41, 5.74) is 0.678. The van der Waals surface area contributed by atoms with E-state index in [4.69, 9.17) is 0 Å². The first-order valence-corrected chi connectivity index (χ1v) is 6.54. The normalized spacial score (nSPS) is 10.6. The molecule has 0 atom stereocenters. The molecule has 0 saturated heterocycles. The highest BCUT2D eigenvalue weighted by Gasteiger charge is 2.07. The van der Waals surface area contributed by atoms with E-state index in [0.29, 0.717) is 5.56 Å². The molecule has 0 aliphatic carbocycles. The number of carbonyl (C=O) groups excluding carboxylic acids is 1. The molecule has 0 amide bonds. The van der Waals surface area contributed by atoms with Gasteiger partial charge in [-0.25, -0.2) is 0 Å². The standard InChI is InChI=1S/C11H5Br3O/c12-9-4-10(13)11(14)7-2-1-6(5-15)3-8(7)9/h1-5H. The second kappa shape index (κ2) is 4.36. The summed E-state index contributed by atoms with van der Waals surface area (Å²) in [6.45, 7) is 0. The van der Waals surface area contributed by atoms with Gasteiger partial charge in [0.1, 0.15) is 6.29 Å². The van der Waals surface area contributed by atoms with Gasteiger partial charge in [-0.15, -0.1) is 0 Å². The molecule has 0 unspecified atom stereocenters. The van der Waals surface area contributed by atoms with Crippen LogP contribution in [0, 0.1) is 0 Å². The smallest absolute Gasteiger partial charge is 0.150 e. The third-order valence-electron chi connectivity index (χ3n) is 2.14. The first-order valence-electron chi connectivity index (χ1n) is 4.16. The minimum Gasteiger partial charge on any atom is -0.298 e. The molecule has 0 aliphatic rings. The van der Waals surface area contributed by atoms with E-state index in [9.17, 15) is 4.79 Å². The van der Waals surface area contributed by atoms with E-state index in [1.807, 2.05) is 18.2 Å². The van der Waals surface area contributed by atoms with Gasteiger partial charge in [-0.2, -0.15) is 0 Å². The van der Waals surface area contributed by atoms with E-state index in [1.54, 1.807) is 6.07 Å². The van der Waals surface area contributed by atoms with Crippen LogP contribution < -0.4 is 0 Å². The Morgan fingerprint density at radius 2 is 1.67 bits per heavy atom. The van der Waals surface area contributed by atoms with Crippen LogP contribution in [0.2, 0.25) is 0 Å². The number of hydrogen-bond acceptors (Lipinski definition) is 1. The van der Waals surface area contributed by atoms with Gasteiger partial charge in [0.25, 0.3) is 0 Å². The maximum Gasteiger partial charge on any atom is 0.150 e. The van der Waals surface area contributed by atoms with Gasteiger partial charge >= 0.3 is 0 Å². The van der Waals surface area contributed by atoms with E-state index in [-0.39, 0.29) is 0 Å². The van der Waals surface area contributed by atoms with Gasteiger partial charge in [0.2, 0.25) is 0 Å². The van der Waals surface area contributed by atoms with Crippen molar-refractivity contribution in [1.29, 1.82) is 0 Å². The lowest BCUT2D eigenvalue weighted by molar-refractivity contribution is 0.112. The van der Waals surface area contributed by atoms with Gasteiger partial charge in [0.05, 0.1) is 0 Å². The zero-order chi connectivity index (χ0) is 11.0. The quantitative estimate of drug-likeness (QED) is 0.496. The molecule has 0 heterocycles. The third kappa shape index (κ3) is 2.03. The molecule has 2 rings (SSSR count). The number of hydrogen-bond donors (Lipinski definition) is 0. The van der Waals surface area contributed by atoms with E-state index in [0.717, 1.165) is 30.5 Å². The molecule has 0 saturated carbocycles. The number of carbonyl (C=O) groups is 1. The molecule has 0 radical (unpaired) electrons. The van der Waals surface area contributed by atoms with Crippen LogP contribution in [0.25, 0.3) is 10.8 Å². The van der Waals surface area contributed by atoms with Crippen molar-refractivity contribution in [3.63, 3.8) is 0 Å². The second-order valence-electron chi connectivity index (χ2n) is 3.08. The van der Waals surface area contributed by atoms with Crippen molar-refractivity contribution in [2.45, 2.75) is 0 Å². The summed E-state index contributed by atoms with van der Waals surface area (Å²) in [5.74, 6) is 0. The Morgan fingerprint density at radius 1 is 0.933 bits per heavy atom. The summed E-state index contributed by atoms with van der Waals surface area (Å²) in [4.78, 5) is 10.7. The predicted molar refractivity (Wildman–Crippen MR) is 72.4 cm³/mol. The molecule has 4 heteroatoms. The molecule has 2 aromatic carbocycles. The van der Waals surface area contributed by atoms with E-state index < -0.39 is 0 Å². The van der Waals surface area contributed by atoms with Gasteiger partial charge in [0, 0.05) is 19.0 Å². The van der Waals surface area contributed by atoms with Gasteiger partial charge < -0.3 is 0 Å². The molecular weight excluding hydrogens is 388 g/mol. The van der Waals surface area contributed by atoms with Gasteiger partial charge in [0.15, 0.2) is 0 Å². The monoisotopic (exact) mass is 390 g/mol. The van der Waals surface area contributed by atoms with Crippen LogP contribution in [0.5, 0.6) is 0 Å². The summed E-state index contributed by atoms with van der Waals surface area (Å²) in [6.07, 6.45) is 0.849. The van der Waals surface area contributed by atoms with Crippen LogP contribution in [0.1, 0.15) is 10.4 Å². The number of rotatable bonds is 1. The molecule has 0 N–H and O–H groups in total. The first-order chi connectivity index (χ1) is 7.13. The minimum atomic E-state index is 0.678. The van der Waals surface area contributed by atoms with Crippen LogP contribution in [0.15, 0.2) is 37.7 Å². The zero-order valence-corrected chi connectivity index (χ0v) is 12.2. The van der Waals surface area contributed by atoms with E-state index in [2.05, 4.69) is 47.8 Å². The van der Waals surface area contributed by atoms with Crippen LogP contribution in [-0.4, -0.2) is 6.29 Å². The lowest BCUT2D eigenvalue weighted by atomic mass is 10.1. The van der Waals surface area contributed by atoms with E-state index in [1.165, 1.54) is 0 Å². The maximum atomic E-state index is 10.7. The Morgan fingerprint density at radius 3 is 2.33 bits per heavy atom. The molecule has 2 aromatic rings. The fourth-order valence-corrected chi connectivity index (χ4v) is 3.17. The highest BCUT2D eigenvalue weighted by Crippen LogP contribution is 2.36. The van der Waals surface area contributed by atoms with Crippen molar-refractivity contribution in [3.05, 3.63) is 43.2 Å². The number of aldehydes is 1. The fraction of sp³-hybridized carbons (Fsp3) is 0. The van der Waals surface area contributed by atoms with Crippen molar-refractivity contribution < 1.29 is 4.79 Å². The Balaban J connectivity index is 2.89. The van der Waals surface area contributed by atoms with Crippen LogP contribution >= 0.6 is 47.8 Å². The van der Waals surface area contributed by atoms with Crippen molar-refractivity contribution in [2.24, 2.45) is 0 Å². The van der Waals surface area contributed by atoms with E-state index >= 15 is 0 Å². The van der Waals surface area contributed by atoms with Crippen LogP contribution in [0.3, 0.4) is 0 Å². The molecule has 0 aliphatic heterocycles. The predicted octanol–water partition coefficient (Wildman–Crippen LogP) is 4.94. The molecular formula is C11H5Br3O. The Hall–Kier alpha value is -0.190. The average molecular weight is 393 g/mol. The number of benzene rings is 2. The van der Waals surface area contributed by atoms with Crippen molar-refractivity contribution >= 4 is 64.8 Å². The molecule has 0 bridgehead atoms. The fourth-order valence-electron chi connectivity index (χ4n) is 1.41.